The topological polar surface area (TPSA) is 36.1 Å². The molecule has 0 aliphatic carbocycles. The van der Waals surface area contributed by atoms with E-state index in [1.807, 2.05) is 13.0 Å². The molecule has 1 aliphatic rings. The van der Waals surface area contributed by atoms with Crippen molar-refractivity contribution in [3.8, 4) is 0 Å². The number of benzene rings is 2. The number of hydrogen-bond donors (Lipinski definition) is 1. The molecule has 1 aromatic heterocycles. The lowest BCUT2D eigenvalue weighted by molar-refractivity contribution is 0.244. The fraction of sp³-hybridized carbons (Fsp3) is 0.250. The SMILES string of the molecule is Cc1ccc2c3c([nH]c(=O)c2c1)CCN(Cc1ccccc1)C3. The summed E-state index contributed by atoms with van der Waals surface area (Å²) in [6.45, 7) is 4.85. The zero-order valence-electron chi connectivity index (χ0n) is 13.3. The second-order valence-electron chi connectivity index (χ2n) is 6.41. The average molecular weight is 304 g/mol. The number of aromatic amines is 1. The molecule has 1 aliphatic heterocycles. The summed E-state index contributed by atoms with van der Waals surface area (Å²) in [6.07, 6.45) is 0.904. The molecule has 2 heterocycles. The Morgan fingerprint density at radius 2 is 1.91 bits per heavy atom. The van der Waals surface area contributed by atoms with E-state index in [2.05, 4.69) is 52.3 Å². The molecule has 0 atom stereocenters. The van der Waals surface area contributed by atoms with Crippen molar-refractivity contribution < 1.29 is 0 Å². The summed E-state index contributed by atoms with van der Waals surface area (Å²) in [5.41, 5.74) is 4.89. The number of rotatable bonds is 2. The second kappa shape index (κ2) is 5.67. The molecule has 3 aromatic rings. The molecule has 0 saturated carbocycles. The van der Waals surface area contributed by atoms with Crippen LogP contribution in [0, 0.1) is 6.92 Å². The summed E-state index contributed by atoms with van der Waals surface area (Å²) in [5, 5.41) is 1.91. The Balaban J connectivity index is 1.72. The highest BCUT2D eigenvalue weighted by Crippen LogP contribution is 2.25. The minimum Gasteiger partial charge on any atom is -0.325 e. The van der Waals surface area contributed by atoms with Gasteiger partial charge in [0.2, 0.25) is 0 Å². The minimum atomic E-state index is 0.0407. The van der Waals surface area contributed by atoms with Crippen LogP contribution < -0.4 is 5.56 Å². The van der Waals surface area contributed by atoms with Crippen molar-refractivity contribution in [2.75, 3.05) is 6.54 Å². The molecule has 4 rings (SSSR count). The van der Waals surface area contributed by atoms with Crippen molar-refractivity contribution >= 4 is 10.8 Å². The largest absolute Gasteiger partial charge is 0.325 e. The molecule has 0 radical (unpaired) electrons. The van der Waals surface area contributed by atoms with Crippen molar-refractivity contribution in [3.05, 3.63) is 81.3 Å². The van der Waals surface area contributed by atoms with E-state index in [0.717, 1.165) is 48.1 Å². The molecule has 0 unspecified atom stereocenters. The molecule has 0 saturated heterocycles. The van der Waals surface area contributed by atoms with E-state index in [0.29, 0.717) is 0 Å². The Bertz CT molecular complexity index is 912. The van der Waals surface area contributed by atoms with E-state index in [4.69, 9.17) is 0 Å². The van der Waals surface area contributed by atoms with Gasteiger partial charge in [0.15, 0.2) is 0 Å². The summed E-state index contributed by atoms with van der Waals surface area (Å²) in [5.74, 6) is 0. The highest BCUT2D eigenvalue weighted by Gasteiger charge is 2.20. The van der Waals surface area contributed by atoms with E-state index in [1.165, 1.54) is 11.1 Å². The van der Waals surface area contributed by atoms with Gasteiger partial charge in [-0.1, -0.05) is 48.0 Å². The third-order valence-electron chi connectivity index (χ3n) is 4.68. The van der Waals surface area contributed by atoms with Crippen LogP contribution in [0.2, 0.25) is 0 Å². The quantitative estimate of drug-likeness (QED) is 0.788. The molecule has 0 spiro atoms. The Hall–Kier alpha value is -2.39. The maximum atomic E-state index is 12.3. The molecule has 2 aromatic carbocycles. The lowest BCUT2D eigenvalue weighted by Gasteiger charge is -2.29. The molecule has 3 heteroatoms. The van der Waals surface area contributed by atoms with Gasteiger partial charge >= 0.3 is 0 Å². The van der Waals surface area contributed by atoms with Crippen molar-refractivity contribution in [3.63, 3.8) is 0 Å². The first kappa shape index (κ1) is 14.2. The maximum absolute atomic E-state index is 12.3. The third-order valence-corrected chi connectivity index (χ3v) is 4.68. The van der Waals surface area contributed by atoms with Crippen molar-refractivity contribution in [2.45, 2.75) is 26.4 Å². The number of nitrogens with one attached hydrogen (secondary N) is 1. The fourth-order valence-electron chi connectivity index (χ4n) is 3.49. The van der Waals surface area contributed by atoms with Crippen molar-refractivity contribution in [1.82, 2.24) is 9.88 Å². The van der Waals surface area contributed by atoms with Gasteiger partial charge in [0.25, 0.3) is 5.56 Å². The summed E-state index contributed by atoms with van der Waals surface area (Å²) < 4.78 is 0. The fourth-order valence-corrected chi connectivity index (χ4v) is 3.49. The van der Waals surface area contributed by atoms with Crippen LogP contribution >= 0.6 is 0 Å². The van der Waals surface area contributed by atoms with Crippen LogP contribution in [0.25, 0.3) is 10.8 Å². The van der Waals surface area contributed by atoms with Crippen LogP contribution in [0.4, 0.5) is 0 Å². The van der Waals surface area contributed by atoms with Gasteiger partial charge in [-0.15, -0.1) is 0 Å². The highest BCUT2D eigenvalue weighted by molar-refractivity contribution is 5.86. The Morgan fingerprint density at radius 1 is 1.09 bits per heavy atom. The van der Waals surface area contributed by atoms with E-state index in [1.54, 1.807) is 0 Å². The van der Waals surface area contributed by atoms with Crippen LogP contribution in [-0.4, -0.2) is 16.4 Å². The summed E-state index contributed by atoms with van der Waals surface area (Å²) in [6, 6.07) is 16.8. The van der Waals surface area contributed by atoms with E-state index in [-0.39, 0.29) is 5.56 Å². The molecular formula is C20H20N2O. The first-order valence-corrected chi connectivity index (χ1v) is 8.11. The molecule has 1 N–H and O–H groups in total. The molecule has 0 fully saturated rings. The first-order chi connectivity index (χ1) is 11.2. The Morgan fingerprint density at radius 3 is 2.74 bits per heavy atom. The van der Waals surface area contributed by atoms with Crippen LogP contribution in [0.15, 0.2) is 53.3 Å². The third kappa shape index (κ3) is 2.68. The molecule has 3 nitrogen and oxygen atoms in total. The van der Waals surface area contributed by atoms with Crippen LogP contribution in [0.3, 0.4) is 0 Å². The van der Waals surface area contributed by atoms with Gasteiger partial charge in [0.05, 0.1) is 0 Å². The average Bonchev–Trinajstić information content (AvgIpc) is 2.57. The molecule has 23 heavy (non-hydrogen) atoms. The second-order valence-corrected chi connectivity index (χ2v) is 6.41. The molecule has 116 valence electrons. The van der Waals surface area contributed by atoms with Crippen LogP contribution in [-0.2, 0) is 19.5 Å². The maximum Gasteiger partial charge on any atom is 0.256 e. The predicted molar refractivity (Wildman–Crippen MR) is 93.6 cm³/mol. The van der Waals surface area contributed by atoms with Gasteiger partial charge in [-0.25, -0.2) is 0 Å². The lowest BCUT2D eigenvalue weighted by atomic mass is 9.97. The molecule has 0 amide bonds. The normalized spacial score (nSPS) is 14.8. The predicted octanol–water partition coefficient (Wildman–Crippen LogP) is 3.39. The first-order valence-electron chi connectivity index (χ1n) is 8.11. The zero-order valence-corrected chi connectivity index (χ0v) is 13.3. The number of nitrogens with zero attached hydrogens (tertiary/aromatic N) is 1. The van der Waals surface area contributed by atoms with Gasteiger partial charge in [-0.3, -0.25) is 9.69 Å². The van der Waals surface area contributed by atoms with Gasteiger partial charge in [0, 0.05) is 37.1 Å². The van der Waals surface area contributed by atoms with Crippen LogP contribution in [0.1, 0.15) is 22.4 Å². The van der Waals surface area contributed by atoms with Crippen LogP contribution in [0.5, 0.6) is 0 Å². The Kier molecular flexibility index (Phi) is 3.50. The van der Waals surface area contributed by atoms with Gasteiger partial charge < -0.3 is 4.98 Å². The Labute approximate surface area is 135 Å². The number of fused-ring (bicyclic) bond motifs is 3. The lowest BCUT2D eigenvalue weighted by Crippen LogP contribution is -2.32. The van der Waals surface area contributed by atoms with E-state index >= 15 is 0 Å². The molecule has 0 bridgehead atoms. The summed E-state index contributed by atoms with van der Waals surface area (Å²) in [7, 11) is 0. The standard InChI is InChI=1S/C20H20N2O/c1-14-7-8-16-17(11-14)20(23)21-19-9-10-22(13-18(16)19)12-15-5-3-2-4-6-15/h2-8,11H,9-10,12-13H2,1H3,(H,21,23). The summed E-state index contributed by atoms with van der Waals surface area (Å²) in [4.78, 5) is 17.9. The number of aryl methyl sites for hydroxylation is 1. The van der Waals surface area contributed by atoms with Gasteiger partial charge in [-0.2, -0.15) is 0 Å². The zero-order chi connectivity index (χ0) is 15.8. The number of pyridine rings is 1. The number of H-pyrrole nitrogens is 1. The number of hydrogen-bond acceptors (Lipinski definition) is 2. The van der Waals surface area contributed by atoms with Crippen molar-refractivity contribution in [2.24, 2.45) is 0 Å². The van der Waals surface area contributed by atoms with Gasteiger partial charge in [0.1, 0.15) is 0 Å². The number of aromatic nitrogens is 1. The van der Waals surface area contributed by atoms with E-state index < -0.39 is 0 Å². The molecular weight excluding hydrogens is 284 g/mol. The van der Waals surface area contributed by atoms with Crippen molar-refractivity contribution in [1.29, 1.82) is 0 Å². The van der Waals surface area contributed by atoms with E-state index in [9.17, 15) is 4.79 Å². The smallest absolute Gasteiger partial charge is 0.256 e. The monoisotopic (exact) mass is 304 g/mol. The minimum absolute atomic E-state index is 0.0407. The van der Waals surface area contributed by atoms with Gasteiger partial charge in [-0.05, 0) is 29.5 Å². The highest BCUT2D eigenvalue weighted by atomic mass is 16.1. The summed E-state index contributed by atoms with van der Waals surface area (Å²) >= 11 is 0.